The molecule has 1 unspecified atom stereocenters. The Balaban J connectivity index is 2.19. The van der Waals surface area contributed by atoms with Gasteiger partial charge in [0.25, 0.3) is 0 Å². The van der Waals surface area contributed by atoms with Gasteiger partial charge in [0, 0.05) is 5.02 Å². The monoisotopic (exact) mass is 227 g/mol. The van der Waals surface area contributed by atoms with Gasteiger partial charge in [0.1, 0.15) is 5.82 Å². The van der Waals surface area contributed by atoms with E-state index in [1.807, 2.05) is 0 Å². The van der Waals surface area contributed by atoms with Gasteiger partial charge < -0.3 is 5.32 Å². The fourth-order valence-corrected chi connectivity index (χ4v) is 2.44. The minimum absolute atomic E-state index is 0.0914. The summed E-state index contributed by atoms with van der Waals surface area (Å²) >= 11 is 5.93. The fourth-order valence-electron chi connectivity index (χ4n) is 2.14. The first-order valence-electron chi connectivity index (χ1n) is 5.32. The van der Waals surface area contributed by atoms with Gasteiger partial charge in [-0.2, -0.15) is 0 Å². The van der Waals surface area contributed by atoms with Crippen LogP contribution in [-0.2, 0) is 6.42 Å². The Morgan fingerprint density at radius 3 is 3.00 bits per heavy atom. The first-order valence-corrected chi connectivity index (χ1v) is 5.70. The van der Waals surface area contributed by atoms with Crippen LogP contribution in [0.5, 0.6) is 0 Å². The lowest BCUT2D eigenvalue weighted by Gasteiger charge is -2.11. The number of aryl methyl sites for hydroxylation is 1. The zero-order valence-corrected chi connectivity index (χ0v) is 9.57. The van der Waals surface area contributed by atoms with E-state index in [1.54, 1.807) is 19.1 Å². The number of halogens is 2. The van der Waals surface area contributed by atoms with Gasteiger partial charge in [-0.3, -0.25) is 0 Å². The summed E-state index contributed by atoms with van der Waals surface area (Å²) in [6.07, 6.45) is 1.92. The van der Waals surface area contributed by atoms with Crippen molar-refractivity contribution < 1.29 is 4.39 Å². The summed E-state index contributed by atoms with van der Waals surface area (Å²) in [5, 5.41) is 3.92. The van der Waals surface area contributed by atoms with Crippen molar-refractivity contribution in [2.45, 2.75) is 19.8 Å². The molecule has 0 spiro atoms. The van der Waals surface area contributed by atoms with E-state index in [0.717, 1.165) is 31.5 Å². The molecule has 0 radical (unpaired) electrons. The fraction of sp³-hybridized carbons (Fsp3) is 0.500. The van der Waals surface area contributed by atoms with E-state index in [-0.39, 0.29) is 5.82 Å². The largest absolute Gasteiger partial charge is 0.316 e. The van der Waals surface area contributed by atoms with Crippen molar-refractivity contribution in [3.63, 3.8) is 0 Å². The molecule has 0 amide bonds. The molecule has 1 saturated heterocycles. The molecule has 0 aliphatic carbocycles. The molecule has 1 atom stereocenters. The molecule has 1 N–H and O–H groups in total. The van der Waals surface area contributed by atoms with Crippen LogP contribution < -0.4 is 5.32 Å². The molecule has 1 fully saturated rings. The second kappa shape index (κ2) is 4.50. The van der Waals surface area contributed by atoms with Gasteiger partial charge in [0.05, 0.1) is 0 Å². The lowest BCUT2D eigenvalue weighted by Crippen LogP contribution is -2.11. The average molecular weight is 228 g/mol. The summed E-state index contributed by atoms with van der Waals surface area (Å²) in [5.74, 6) is 0.462. The smallest absolute Gasteiger partial charge is 0.129 e. The van der Waals surface area contributed by atoms with Gasteiger partial charge in [0.2, 0.25) is 0 Å². The zero-order chi connectivity index (χ0) is 10.8. The first kappa shape index (κ1) is 10.9. The topological polar surface area (TPSA) is 12.0 Å². The Morgan fingerprint density at radius 2 is 2.33 bits per heavy atom. The van der Waals surface area contributed by atoms with Gasteiger partial charge in [-0.1, -0.05) is 11.6 Å². The van der Waals surface area contributed by atoms with Crippen LogP contribution in [0.15, 0.2) is 12.1 Å². The maximum atomic E-state index is 13.8. The molecule has 0 bridgehead atoms. The quantitative estimate of drug-likeness (QED) is 0.819. The molecule has 2 rings (SSSR count). The Labute approximate surface area is 94.6 Å². The maximum Gasteiger partial charge on any atom is 0.129 e. The number of hydrogen-bond donors (Lipinski definition) is 1. The van der Waals surface area contributed by atoms with Crippen molar-refractivity contribution >= 4 is 11.6 Å². The van der Waals surface area contributed by atoms with E-state index in [9.17, 15) is 4.39 Å². The van der Waals surface area contributed by atoms with Crippen molar-refractivity contribution in [1.82, 2.24) is 5.32 Å². The summed E-state index contributed by atoms with van der Waals surface area (Å²) < 4.78 is 13.8. The Hall–Kier alpha value is -0.600. The van der Waals surface area contributed by atoms with Gasteiger partial charge in [-0.25, -0.2) is 4.39 Å². The minimum Gasteiger partial charge on any atom is -0.316 e. The second-order valence-corrected chi connectivity index (χ2v) is 4.70. The lowest BCUT2D eigenvalue weighted by molar-refractivity contribution is 0.540. The average Bonchev–Trinajstić information content (AvgIpc) is 2.66. The van der Waals surface area contributed by atoms with Crippen molar-refractivity contribution in [3.05, 3.63) is 34.1 Å². The number of benzene rings is 1. The summed E-state index contributed by atoms with van der Waals surface area (Å²) in [4.78, 5) is 0. The standard InChI is InChI=1S/C12H15ClFN/c1-8-4-11(13)6-10(12(8)14)5-9-2-3-15-7-9/h4,6,9,15H,2-3,5,7H2,1H3. The van der Waals surface area contributed by atoms with Crippen LogP contribution in [-0.4, -0.2) is 13.1 Å². The van der Waals surface area contributed by atoms with Crippen LogP contribution >= 0.6 is 11.6 Å². The Bertz CT molecular complexity index is 359. The van der Waals surface area contributed by atoms with E-state index in [4.69, 9.17) is 11.6 Å². The molecule has 0 aromatic heterocycles. The molecule has 1 nitrogen and oxygen atoms in total. The third-order valence-corrected chi connectivity index (χ3v) is 3.18. The van der Waals surface area contributed by atoms with E-state index in [0.29, 0.717) is 16.5 Å². The summed E-state index contributed by atoms with van der Waals surface area (Å²) in [5.41, 5.74) is 1.40. The predicted molar refractivity (Wildman–Crippen MR) is 60.8 cm³/mol. The van der Waals surface area contributed by atoms with Gasteiger partial charge >= 0.3 is 0 Å². The van der Waals surface area contributed by atoms with Gasteiger partial charge in [-0.05, 0) is 62.0 Å². The van der Waals surface area contributed by atoms with Crippen LogP contribution in [0.4, 0.5) is 4.39 Å². The molecule has 1 aliphatic rings. The highest BCUT2D eigenvalue weighted by Crippen LogP contribution is 2.23. The van der Waals surface area contributed by atoms with Crippen molar-refractivity contribution in [2.24, 2.45) is 5.92 Å². The maximum absolute atomic E-state index is 13.8. The molecule has 3 heteroatoms. The number of hydrogen-bond acceptors (Lipinski definition) is 1. The summed E-state index contributed by atoms with van der Waals surface area (Å²) in [6.45, 7) is 3.80. The lowest BCUT2D eigenvalue weighted by atomic mass is 9.97. The molecule has 15 heavy (non-hydrogen) atoms. The van der Waals surface area contributed by atoms with Crippen molar-refractivity contribution in [1.29, 1.82) is 0 Å². The minimum atomic E-state index is -0.0914. The normalized spacial score (nSPS) is 20.9. The van der Waals surface area contributed by atoms with Crippen LogP contribution in [0.25, 0.3) is 0 Å². The van der Waals surface area contributed by atoms with Crippen molar-refractivity contribution in [3.8, 4) is 0 Å². The van der Waals surface area contributed by atoms with Gasteiger partial charge in [-0.15, -0.1) is 0 Å². The molecule has 1 aromatic carbocycles. The Morgan fingerprint density at radius 1 is 1.53 bits per heavy atom. The zero-order valence-electron chi connectivity index (χ0n) is 8.82. The first-order chi connectivity index (χ1) is 7.16. The van der Waals surface area contributed by atoms with Crippen LogP contribution in [0.2, 0.25) is 5.02 Å². The van der Waals surface area contributed by atoms with E-state index in [1.165, 1.54) is 0 Å². The van der Waals surface area contributed by atoms with E-state index >= 15 is 0 Å². The second-order valence-electron chi connectivity index (χ2n) is 4.26. The molecule has 1 aromatic rings. The van der Waals surface area contributed by atoms with Crippen LogP contribution in [0.1, 0.15) is 17.5 Å². The third kappa shape index (κ3) is 2.50. The molecule has 1 aliphatic heterocycles. The van der Waals surface area contributed by atoms with Crippen molar-refractivity contribution in [2.75, 3.05) is 13.1 Å². The number of rotatable bonds is 2. The summed E-state index contributed by atoms with van der Waals surface area (Å²) in [6, 6.07) is 3.43. The molecule has 1 heterocycles. The predicted octanol–water partition coefficient (Wildman–Crippen LogP) is 2.94. The SMILES string of the molecule is Cc1cc(Cl)cc(CC2CCNC2)c1F. The molecule has 0 saturated carbocycles. The van der Waals surface area contributed by atoms with E-state index < -0.39 is 0 Å². The highest BCUT2D eigenvalue weighted by molar-refractivity contribution is 6.30. The van der Waals surface area contributed by atoms with E-state index in [2.05, 4.69) is 5.32 Å². The van der Waals surface area contributed by atoms with Crippen LogP contribution in [0.3, 0.4) is 0 Å². The van der Waals surface area contributed by atoms with Crippen LogP contribution in [0, 0.1) is 18.7 Å². The van der Waals surface area contributed by atoms with Gasteiger partial charge in [0.15, 0.2) is 0 Å². The molecular weight excluding hydrogens is 213 g/mol. The molecule has 82 valence electrons. The molecular formula is C12H15ClFN. The summed E-state index contributed by atoms with van der Waals surface area (Å²) in [7, 11) is 0. The third-order valence-electron chi connectivity index (χ3n) is 2.97. The number of nitrogens with one attached hydrogen (secondary N) is 1. The highest BCUT2D eigenvalue weighted by atomic mass is 35.5. The highest BCUT2D eigenvalue weighted by Gasteiger charge is 2.17. The Kier molecular flexibility index (Phi) is 3.27.